The number of aromatic nitrogens is 1. The number of nitrogens with zero attached hydrogens (tertiary/aromatic N) is 1. The fraction of sp³-hybridized carbons (Fsp3) is 0.722. The van der Waals surface area contributed by atoms with Gasteiger partial charge in [-0.2, -0.15) is 0 Å². The van der Waals surface area contributed by atoms with Crippen LogP contribution in [0, 0.1) is 5.92 Å². The monoisotopic (exact) mass is 290 g/mol. The van der Waals surface area contributed by atoms with Crippen LogP contribution in [0.2, 0.25) is 0 Å². The number of rotatable bonds is 5. The lowest BCUT2D eigenvalue weighted by Gasteiger charge is -2.26. The molecule has 0 spiro atoms. The summed E-state index contributed by atoms with van der Waals surface area (Å²) in [6, 6.07) is 2.19. The largest absolute Gasteiger partial charge is 0.489 e. The fourth-order valence-electron chi connectivity index (χ4n) is 3.13. The third-order valence-corrected chi connectivity index (χ3v) is 4.09. The van der Waals surface area contributed by atoms with Crippen molar-refractivity contribution in [3.8, 4) is 5.75 Å². The summed E-state index contributed by atoms with van der Waals surface area (Å²) in [6.07, 6.45) is 7.93. The number of hydrogen-bond acceptors (Lipinski definition) is 3. The van der Waals surface area contributed by atoms with Gasteiger partial charge < -0.3 is 10.1 Å². The number of ether oxygens (including phenoxy) is 1. The molecular formula is C18H30N2O. The van der Waals surface area contributed by atoms with Crippen molar-refractivity contribution in [1.29, 1.82) is 0 Å². The topological polar surface area (TPSA) is 34.1 Å². The minimum absolute atomic E-state index is 0.188. The van der Waals surface area contributed by atoms with E-state index in [1.807, 2.05) is 12.4 Å². The Bertz CT molecular complexity index is 451. The summed E-state index contributed by atoms with van der Waals surface area (Å²) in [5.41, 5.74) is 1.53. The van der Waals surface area contributed by atoms with E-state index in [2.05, 4.69) is 51.0 Å². The smallest absolute Gasteiger partial charge is 0.138 e. The van der Waals surface area contributed by atoms with E-state index in [4.69, 9.17) is 4.74 Å². The Hall–Kier alpha value is -1.09. The van der Waals surface area contributed by atoms with E-state index in [1.165, 1.54) is 24.8 Å². The van der Waals surface area contributed by atoms with Crippen LogP contribution in [0.1, 0.15) is 65.4 Å². The van der Waals surface area contributed by atoms with Crippen LogP contribution in [-0.2, 0) is 0 Å². The summed E-state index contributed by atoms with van der Waals surface area (Å²) in [4.78, 5) is 4.38. The van der Waals surface area contributed by atoms with Gasteiger partial charge in [0.05, 0.1) is 12.3 Å². The summed E-state index contributed by atoms with van der Waals surface area (Å²) >= 11 is 0. The number of hydrogen-bond donors (Lipinski definition) is 1. The van der Waals surface area contributed by atoms with Gasteiger partial charge in [0, 0.05) is 11.7 Å². The quantitative estimate of drug-likeness (QED) is 0.885. The molecule has 1 saturated carbocycles. The minimum atomic E-state index is 0.188. The molecule has 0 saturated heterocycles. The Kier molecular flexibility index (Phi) is 5.26. The molecule has 2 unspecified atom stereocenters. The van der Waals surface area contributed by atoms with Crippen LogP contribution in [0.4, 0.5) is 0 Å². The Morgan fingerprint density at radius 3 is 2.71 bits per heavy atom. The Morgan fingerprint density at radius 2 is 2.05 bits per heavy atom. The summed E-state index contributed by atoms with van der Waals surface area (Å²) in [6.45, 7) is 11.9. The third-order valence-electron chi connectivity index (χ3n) is 4.09. The maximum atomic E-state index is 5.79. The highest BCUT2D eigenvalue weighted by atomic mass is 16.5. The van der Waals surface area contributed by atoms with Crippen LogP contribution in [0.15, 0.2) is 18.5 Å². The van der Waals surface area contributed by atoms with Crippen molar-refractivity contribution in [2.45, 2.75) is 71.4 Å². The van der Waals surface area contributed by atoms with Crippen molar-refractivity contribution in [3.63, 3.8) is 0 Å². The maximum Gasteiger partial charge on any atom is 0.138 e. The maximum absolute atomic E-state index is 5.79. The molecule has 1 aliphatic carbocycles. The Balaban J connectivity index is 2.05. The van der Waals surface area contributed by atoms with Crippen molar-refractivity contribution >= 4 is 0 Å². The predicted molar refractivity (Wildman–Crippen MR) is 87.8 cm³/mol. The molecule has 2 rings (SSSR count). The first-order valence-electron chi connectivity index (χ1n) is 8.22. The van der Waals surface area contributed by atoms with Gasteiger partial charge in [-0.3, -0.25) is 4.98 Å². The lowest BCUT2D eigenvalue weighted by molar-refractivity contribution is 0.241. The molecule has 1 aromatic rings. The van der Waals surface area contributed by atoms with Crippen LogP contribution in [0.25, 0.3) is 0 Å². The second-order valence-corrected chi connectivity index (χ2v) is 7.55. The molecule has 1 N–H and O–H groups in total. The third kappa shape index (κ3) is 4.99. The first kappa shape index (κ1) is 16.3. The van der Waals surface area contributed by atoms with Crippen LogP contribution in [0.3, 0.4) is 0 Å². The molecule has 0 aromatic carbocycles. The van der Waals surface area contributed by atoms with E-state index >= 15 is 0 Å². The zero-order valence-corrected chi connectivity index (χ0v) is 14.1. The van der Waals surface area contributed by atoms with E-state index in [-0.39, 0.29) is 11.6 Å². The van der Waals surface area contributed by atoms with E-state index in [9.17, 15) is 0 Å². The SMILES string of the molecule is CC(C)Oc1cncc(C2CCCC2CNC(C)(C)C)c1. The second-order valence-electron chi connectivity index (χ2n) is 7.55. The molecule has 0 aliphatic heterocycles. The molecule has 1 aromatic heterocycles. The minimum Gasteiger partial charge on any atom is -0.489 e. The van der Waals surface area contributed by atoms with Gasteiger partial charge in [-0.1, -0.05) is 6.42 Å². The first-order valence-corrected chi connectivity index (χ1v) is 8.22. The zero-order valence-electron chi connectivity index (χ0n) is 14.1. The standard InChI is InChI=1S/C18H30N2O/c1-13(2)21-16-9-15(10-19-12-16)17-8-6-7-14(17)11-20-18(3,4)5/h9-10,12-14,17,20H,6-8,11H2,1-5H3. The van der Waals surface area contributed by atoms with Gasteiger partial charge in [-0.05, 0) is 77.5 Å². The molecule has 3 nitrogen and oxygen atoms in total. The molecule has 1 aliphatic rings. The molecular weight excluding hydrogens is 260 g/mol. The van der Waals surface area contributed by atoms with Crippen LogP contribution in [0.5, 0.6) is 5.75 Å². The van der Waals surface area contributed by atoms with Crippen LogP contribution >= 0.6 is 0 Å². The van der Waals surface area contributed by atoms with E-state index in [0.717, 1.165) is 12.3 Å². The average molecular weight is 290 g/mol. The molecule has 3 heteroatoms. The van der Waals surface area contributed by atoms with Crippen molar-refractivity contribution in [2.24, 2.45) is 5.92 Å². The molecule has 0 radical (unpaired) electrons. The summed E-state index contributed by atoms with van der Waals surface area (Å²) in [5.74, 6) is 2.22. The molecule has 1 heterocycles. The normalized spacial score (nSPS) is 22.8. The number of pyridine rings is 1. The average Bonchev–Trinajstić information content (AvgIpc) is 2.83. The highest BCUT2D eigenvalue weighted by molar-refractivity contribution is 5.27. The lowest BCUT2D eigenvalue weighted by atomic mass is 9.89. The predicted octanol–water partition coefficient (Wildman–Crippen LogP) is 4.14. The van der Waals surface area contributed by atoms with Gasteiger partial charge in [-0.15, -0.1) is 0 Å². The van der Waals surface area contributed by atoms with Crippen LogP contribution < -0.4 is 10.1 Å². The summed E-state index contributed by atoms with van der Waals surface area (Å²) < 4.78 is 5.79. The van der Waals surface area contributed by atoms with Crippen molar-refractivity contribution in [1.82, 2.24) is 10.3 Å². The van der Waals surface area contributed by atoms with Gasteiger partial charge in [-0.25, -0.2) is 0 Å². The van der Waals surface area contributed by atoms with E-state index in [1.54, 1.807) is 0 Å². The second kappa shape index (κ2) is 6.78. The van der Waals surface area contributed by atoms with Crippen molar-refractivity contribution in [2.75, 3.05) is 6.54 Å². The zero-order chi connectivity index (χ0) is 15.5. The highest BCUT2D eigenvalue weighted by Crippen LogP contribution is 2.40. The van der Waals surface area contributed by atoms with E-state index < -0.39 is 0 Å². The molecule has 21 heavy (non-hydrogen) atoms. The molecule has 118 valence electrons. The lowest BCUT2D eigenvalue weighted by Crippen LogP contribution is -2.39. The summed E-state index contributed by atoms with van der Waals surface area (Å²) in [7, 11) is 0. The summed E-state index contributed by atoms with van der Waals surface area (Å²) in [5, 5.41) is 3.66. The fourth-order valence-corrected chi connectivity index (χ4v) is 3.13. The number of nitrogens with one attached hydrogen (secondary N) is 1. The van der Waals surface area contributed by atoms with Gasteiger partial charge >= 0.3 is 0 Å². The van der Waals surface area contributed by atoms with Gasteiger partial charge in [0.25, 0.3) is 0 Å². The van der Waals surface area contributed by atoms with Gasteiger partial charge in [0.1, 0.15) is 5.75 Å². The van der Waals surface area contributed by atoms with Crippen molar-refractivity contribution < 1.29 is 4.74 Å². The Labute approximate surface area is 129 Å². The first-order chi connectivity index (χ1) is 9.85. The Morgan fingerprint density at radius 1 is 1.29 bits per heavy atom. The highest BCUT2D eigenvalue weighted by Gasteiger charge is 2.29. The molecule has 0 bridgehead atoms. The molecule has 1 fully saturated rings. The van der Waals surface area contributed by atoms with Crippen molar-refractivity contribution in [3.05, 3.63) is 24.0 Å². The van der Waals surface area contributed by atoms with Gasteiger partial charge in [0.15, 0.2) is 0 Å². The van der Waals surface area contributed by atoms with Crippen LogP contribution in [-0.4, -0.2) is 23.2 Å². The van der Waals surface area contributed by atoms with E-state index in [0.29, 0.717) is 11.8 Å². The molecule has 2 atom stereocenters. The van der Waals surface area contributed by atoms with Gasteiger partial charge in [0.2, 0.25) is 0 Å². The molecule has 0 amide bonds.